The van der Waals surface area contributed by atoms with Crippen LogP contribution in [0.25, 0.3) is 0 Å². The van der Waals surface area contributed by atoms with E-state index in [-0.39, 0.29) is 23.9 Å². The van der Waals surface area contributed by atoms with Gasteiger partial charge in [-0.15, -0.1) is 0 Å². The van der Waals surface area contributed by atoms with Crippen LogP contribution in [0.4, 0.5) is 10.5 Å². The van der Waals surface area contributed by atoms with Gasteiger partial charge < -0.3 is 15.0 Å². The number of ether oxygens (including phenoxy) is 1. The van der Waals surface area contributed by atoms with Gasteiger partial charge in [0.2, 0.25) is 11.8 Å². The van der Waals surface area contributed by atoms with E-state index in [2.05, 4.69) is 5.32 Å². The molecule has 7 nitrogen and oxygen atoms in total. The molecular formula is C19H25N3O4. The summed E-state index contributed by atoms with van der Waals surface area (Å²) in [5.74, 6) is -0.136. The van der Waals surface area contributed by atoms with Gasteiger partial charge >= 0.3 is 6.09 Å². The van der Waals surface area contributed by atoms with Crippen molar-refractivity contribution in [1.29, 1.82) is 0 Å². The van der Waals surface area contributed by atoms with Crippen LogP contribution in [0.1, 0.15) is 32.6 Å². The zero-order valence-electron chi connectivity index (χ0n) is 15.0. The molecule has 2 aliphatic heterocycles. The van der Waals surface area contributed by atoms with Crippen LogP contribution in [0.2, 0.25) is 0 Å². The number of piperidine rings is 1. The zero-order chi connectivity index (χ0) is 18.5. The summed E-state index contributed by atoms with van der Waals surface area (Å²) in [6.45, 7) is 3.28. The molecule has 7 heteroatoms. The van der Waals surface area contributed by atoms with Gasteiger partial charge in [0.1, 0.15) is 6.04 Å². The molecule has 0 aromatic heterocycles. The van der Waals surface area contributed by atoms with Gasteiger partial charge in [-0.25, -0.2) is 4.79 Å². The first kappa shape index (κ1) is 18.2. The number of nitrogens with zero attached hydrogens (tertiary/aromatic N) is 2. The predicted molar refractivity (Wildman–Crippen MR) is 96.7 cm³/mol. The van der Waals surface area contributed by atoms with E-state index in [9.17, 15) is 14.4 Å². The molecule has 1 aromatic carbocycles. The van der Waals surface area contributed by atoms with Crippen molar-refractivity contribution in [1.82, 2.24) is 10.2 Å². The van der Waals surface area contributed by atoms with E-state index in [4.69, 9.17) is 4.74 Å². The van der Waals surface area contributed by atoms with Gasteiger partial charge in [-0.05, 0) is 38.3 Å². The third-order valence-corrected chi connectivity index (χ3v) is 4.92. The number of hydrogen-bond donors (Lipinski definition) is 1. The van der Waals surface area contributed by atoms with Crippen LogP contribution in [0.5, 0.6) is 0 Å². The second-order valence-electron chi connectivity index (χ2n) is 6.62. The van der Waals surface area contributed by atoms with Gasteiger partial charge in [-0.3, -0.25) is 14.5 Å². The van der Waals surface area contributed by atoms with Crippen LogP contribution < -0.4 is 10.2 Å². The van der Waals surface area contributed by atoms with Crippen LogP contribution in [-0.2, 0) is 14.3 Å². The smallest absolute Gasteiger partial charge is 0.409 e. The minimum Gasteiger partial charge on any atom is -0.450 e. The monoisotopic (exact) mass is 359 g/mol. The highest BCUT2D eigenvalue weighted by Crippen LogP contribution is 2.27. The molecular weight excluding hydrogens is 334 g/mol. The molecule has 0 spiro atoms. The highest BCUT2D eigenvalue weighted by atomic mass is 16.6. The first-order valence-corrected chi connectivity index (χ1v) is 9.19. The van der Waals surface area contributed by atoms with Crippen molar-refractivity contribution in [3.63, 3.8) is 0 Å². The standard InChI is InChI=1S/C19H25N3O4/c1-2-26-19(25)21-12-10-14(11-13-21)20-18(24)16-8-9-17(23)22(16)15-6-4-3-5-7-15/h3-7,14,16H,2,8-13H2,1H3,(H,20,24). The van der Waals surface area contributed by atoms with E-state index in [1.807, 2.05) is 30.3 Å². The van der Waals surface area contributed by atoms with Gasteiger partial charge in [0.05, 0.1) is 6.61 Å². The molecule has 1 atom stereocenters. The van der Waals surface area contributed by atoms with Crippen molar-refractivity contribution < 1.29 is 19.1 Å². The lowest BCUT2D eigenvalue weighted by molar-refractivity contribution is -0.124. The number of hydrogen-bond acceptors (Lipinski definition) is 4. The summed E-state index contributed by atoms with van der Waals surface area (Å²) < 4.78 is 5.01. The quantitative estimate of drug-likeness (QED) is 0.891. The van der Waals surface area contributed by atoms with Crippen molar-refractivity contribution in [3.05, 3.63) is 30.3 Å². The number of benzene rings is 1. The lowest BCUT2D eigenvalue weighted by Crippen LogP contribution is -2.51. The minimum atomic E-state index is -0.465. The molecule has 3 rings (SSSR count). The van der Waals surface area contributed by atoms with Crippen molar-refractivity contribution in [2.24, 2.45) is 0 Å². The first-order chi connectivity index (χ1) is 12.6. The number of carbonyl (C=O) groups is 3. The maximum atomic E-state index is 12.8. The summed E-state index contributed by atoms with van der Waals surface area (Å²) in [6.07, 6.45) is 2.00. The Kier molecular flexibility index (Phi) is 5.75. The molecule has 1 unspecified atom stereocenters. The third kappa shape index (κ3) is 3.98. The molecule has 2 aliphatic rings. The van der Waals surface area contributed by atoms with E-state index >= 15 is 0 Å². The minimum absolute atomic E-state index is 0.0153. The number of rotatable bonds is 4. The first-order valence-electron chi connectivity index (χ1n) is 9.19. The Hall–Kier alpha value is -2.57. The summed E-state index contributed by atoms with van der Waals surface area (Å²) in [4.78, 5) is 40.0. The molecule has 3 amide bonds. The Balaban J connectivity index is 1.57. The van der Waals surface area contributed by atoms with Crippen LogP contribution in [0.15, 0.2) is 30.3 Å². The average molecular weight is 359 g/mol. The summed E-state index contributed by atoms with van der Waals surface area (Å²) in [7, 11) is 0. The van der Waals surface area contributed by atoms with Crippen LogP contribution in [-0.4, -0.2) is 54.6 Å². The normalized spacial score (nSPS) is 21.0. The fourth-order valence-electron chi connectivity index (χ4n) is 3.56. The van der Waals surface area contributed by atoms with E-state index in [0.29, 0.717) is 45.4 Å². The summed E-state index contributed by atoms with van der Waals surface area (Å²) in [6, 6.07) is 8.86. The zero-order valence-corrected chi connectivity index (χ0v) is 15.0. The molecule has 2 fully saturated rings. The van der Waals surface area contributed by atoms with Crippen molar-refractivity contribution in [2.75, 3.05) is 24.6 Å². The molecule has 0 aliphatic carbocycles. The lowest BCUT2D eigenvalue weighted by Gasteiger charge is -2.33. The second kappa shape index (κ2) is 8.21. The van der Waals surface area contributed by atoms with E-state index in [1.165, 1.54) is 0 Å². The average Bonchev–Trinajstić information content (AvgIpc) is 3.05. The maximum absolute atomic E-state index is 12.8. The van der Waals surface area contributed by atoms with Crippen molar-refractivity contribution in [2.45, 2.75) is 44.7 Å². The van der Waals surface area contributed by atoms with Gasteiger partial charge in [0.25, 0.3) is 0 Å². The predicted octanol–water partition coefficient (Wildman–Crippen LogP) is 1.92. The number of para-hydroxylation sites is 1. The Labute approximate surface area is 153 Å². The molecule has 140 valence electrons. The van der Waals surface area contributed by atoms with Gasteiger partial charge in [-0.2, -0.15) is 0 Å². The molecule has 2 saturated heterocycles. The fourth-order valence-corrected chi connectivity index (χ4v) is 3.56. The fraction of sp³-hybridized carbons (Fsp3) is 0.526. The van der Waals surface area contributed by atoms with E-state index in [0.717, 1.165) is 5.69 Å². The molecule has 1 N–H and O–H groups in total. The van der Waals surface area contributed by atoms with Gasteiger partial charge in [-0.1, -0.05) is 18.2 Å². The number of anilines is 1. The Morgan fingerprint density at radius 1 is 1.15 bits per heavy atom. The number of amides is 3. The number of nitrogens with one attached hydrogen (secondary N) is 1. The van der Waals surface area contributed by atoms with Gasteiger partial charge in [0, 0.05) is 31.2 Å². The molecule has 2 heterocycles. The summed E-state index contributed by atoms with van der Waals surface area (Å²) >= 11 is 0. The summed E-state index contributed by atoms with van der Waals surface area (Å²) in [5, 5.41) is 3.06. The van der Waals surface area contributed by atoms with E-state index in [1.54, 1.807) is 16.7 Å². The van der Waals surface area contributed by atoms with Crippen LogP contribution >= 0.6 is 0 Å². The highest BCUT2D eigenvalue weighted by Gasteiger charge is 2.38. The molecule has 0 bridgehead atoms. The Morgan fingerprint density at radius 3 is 2.50 bits per heavy atom. The number of carbonyl (C=O) groups excluding carboxylic acids is 3. The maximum Gasteiger partial charge on any atom is 0.409 e. The topological polar surface area (TPSA) is 79.0 Å². The largest absolute Gasteiger partial charge is 0.450 e. The third-order valence-electron chi connectivity index (χ3n) is 4.92. The van der Waals surface area contributed by atoms with Crippen LogP contribution in [0, 0.1) is 0 Å². The Bertz CT molecular complexity index is 656. The van der Waals surface area contributed by atoms with E-state index < -0.39 is 6.04 Å². The Morgan fingerprint density at radius 2 is 1.85 bits per heavy atom. The highest BCUT2D eigenvalue weighted by molar-refractivity contribution is 6.03. The lowest BCUT2D eigenvalue weighted by atomic mass is 10.0. The van der Waals surface area contributed by atoms with Crippen molar-refractivity contribution >= 4 is 23.6 Å². The molecule has 1 aromatic rings. The second-order valence-corrected chi connectivity index (χ2v) is 6.62. The molecule has 0 radical (unpaired) electrons. The summed E-state index contributed by atoms with van der Waals surface area (Å²) in [5.41, 5.74) is 0.757. The van der Waals surface area contributed by atoms with Crippen LogP contribution in [0.3, 0.4) is 0 Å². The molecule has 26 heavy (non-hydrogen) atoms. The number of likely N-dealkylation sites (tertiary alicyclic amines) is 1. The molecule has 0 saturated carbocycles. The van der Waals surface area contributed by atoms with Gasteiger partial charge in [0.15, 0.2) is 0 Å². The SMILES string of the molecule is CCOC(=O)N1CCC(NC(=O)C2CCC(=O)N2c2ccccc2)CC1. The van der Waals surface area contributed by atoms with Crippen molar-refractivity contribution in [3.8, 4) is 0 Å².